The molecule has 0 aliphatic rings. The molecule has 0 saturated heterocycles. The molecule has 0 atom stereocenters. The van der Waals surface area contributed by atoms with Crippen LogP contribution in [0.3, 0.4) is 0 Å². The number of anilines is 1. The molecular formula is C15H12ClFN4O2. The number of aromatic amines is 1. The zero-order valence-corrected chi connectivity index (χ0v) is 12.7. The first-order valence-electron chi connectivity index (χ1n) is 6.61. The molecule has 118 valence electrons. The van der Waals surface area contributed by atoms with Crippen molar-refractivity contribution in [3.63, 3.8) is 0 Å². The molecule has 3 N–H and O–H groups in total. The van der Waals surface area contributed by atoms with Crippen molar-refractivity contribution in [2.24, 2.45) is 0 Å². The standard InChI is InChI=1S/C15H12ClFN4O2/c1-23-15-11(17)6-9(7-18-15)20-21-14(22)12-5-8-3-2-4-10(16)13(8)19-12/h2-7,19-20H,1H3,(H,21,22). The van der Waals surface area contributed by atoms with Gasteiger partial charge in [-0.1, -0.05) is 23.7 Å². The van der Waals surface area contributed by atoms with Crippen LogP contribution >= 0.6 is 11.6 Å². The maximum absolute atomic E-state index is 13.5. The van der Waals surface area contributed by atoms with E-state index in [9.17, 15) is 9.18 Å². The summed E-state index contributed by atoms with van der Waals surface area (Å²) in [6.07, 6.45) is 1.34. The number of halogens is 2. The average molecular weight is 335 g/mol. The minimum atomic E-state index is -0.635. The highest BCUT2D eigenvalue weighted by Gasteiger charge is 2.11. The molecule has 3 rings (SSSR count). The first kappa shape index (κ1) is 15.1. The lowest BCUT2D eigenvalue weighted by Crippen LogP contribution is -2.29. The molecule has 0 bridgehead atoms. The predicted molar refractivity (Wildman–Crippen MR) is 85.1 cm³/mol. The summed E-state index contributed by atoms with van der Waals surface area (Å²) in [5, 5.41) is 1.34. The van der Waals surface area contributed by atoms with Gasteiger partial charge in [0.15, 0.2) is 5.82 Å². The number of nitrogens with zero attached hydrogens (tertiary/aromatic N) is 1. The van der Waals surface area contributed by atoms with Gasteiger partial charge >= 0.3 is 0 Å². The van der Waals surface area contributed by atoms with Crippen LogP contribution in [0.1, 0.15) is 10.5 Å². The highest BCUT2D eigenvalue weighted by Crippen LogP contribution is 2.23. The van der Waals surface area contributed by atoms with Crippen LogP contribution in [0.5, 0.6) is 5.88 Å². The Labute approximate surface area is 135 Å². The van der Waals surface area contributed by atoms with Crippen LogP contribution in [0, 0.1) is 5.82 Å². The van der Waals surface area contributed by atoms with Gasteiger partial charge in [-0.25, -0.2) is 9.37 Å². The Morgan fingerprint density at radius 2 is 2.22 bits per heavy atom. The number of hydrogen-bond donors (Lipinski definition) is 3. The number of hydrazine groups is 1. The third-order valence-electron chi connectivity index (χ3n) is 3.17. The van der Waals surface area contributed by atoms with Crippen molar-refractivity contribution in [1.29, 1.82) is 0 Å². The Kier molecular flexibility index (Phi) is 4.03. The fourth-order valence-corrected chi connectivity index (χ4v) is 2.31. The van der Waals surface area contributed by atoms with Gasteiger partial charge < -0.3 is 9.72 Å². The van der Waals surface area contributed by atoms with E-state index in [0.717, 1.165) is 11.5 Å². The molecule has 2 aromatic heterocycles. The highest BCUT2D eigenvalue weighted by atomic mass is 35.5. The quantitative estimate of drug-likeness (QED) is 0.640. The number of carbonyl (C=O) groups excluding carboxylic acids is 1. The number of hydrogen-bond acceptors (Lipinski definition) is 4. The number of para-hydroxylation sites is 1. The summed E-state index contributed by atoms with van der Waals surface area (Å²) in [5.74, 6) is -1.18. The number of methoxy groups -OCH3 is 1. The third-order valence-corrected chi connectivity index (χ3v) is 3.49. The molecule has 0 radical (unpaired) electrons. The number of rotatable bonds is 4. The van der Waals surface area contributed by atoms with Crippen LogP contribution in [0.15, 0.2) is 36.5 Å². The molecule has 0 fully saturated rings. The van der Waals surface area contributed by atoms with Crippen molar-refractivity contribution in [3.05, 3.63) is 53.1 Å². The van der Waals surface area contributed by atoms with E-state index in [-0.39, 0.29) is 11.6 Å². The van der Waals surface area contributed by atoms with Gasteiger partial charge in [0.25, 0.3) is 5.91 Å². The van der Waals surface area contributed by atoms with Crippen molar-refractivity contribution in [2.45, 2.75) is 0 Å². The van der Waals surface area contributed by atoms with Gasteiger partial charge in [-0.15, -0.1) is 0 Å². The van der Waals surface area contributed by atoms with Gasteiger partial charge in [-0.05, 0) is 12.1 Å². The number of carbonyl (C=O) groups is 1. The number of aromatic nitrogens is 2. The Bertz CT molecular complexity index is 881. The lowest BCUT2D eigenvalue weighted by atomic mass is 10.2. The van der Waals surface area contributed by atoms with Gasteiger partial charge in [0.1, 0.15) is 5.69 Å². The molecule has 0 aliphatic heterocycles. The fraction of sp³-hybridized carbons (Fsp3) is 0.0667. The van der Waals surface area contributed by atoms with Crippen LogP contribution in [-0.2, 0) is 0 Å². The second-order valence-electron chi connectivity index (χ2n) is 4.68. The molecule has 0 spiro atoms. The average Bonchev–Trinajstić information content (AvgIpc) is 2.98. The molecule has 0 saturated carbocycles. The fourth-order valence-electron chi connectivity index (χ4n) is 2.08. The van der Waals surface area contributed by atoms with Gasteiger partial charge in [0.05, 0.1) is 29.5 Å². The van der Waals surface area contributed by atoms with Gasteiger partial charge in [0, 0.05) is 11.5 Å². The zero-order chi connectivity index (χ0) is 16.4. The van der Waals surface area contributed by atoms with E-state index in [2.05, 4.69) is 20.8 Å². The molecular weight excluding hydrogens is 323 g/mol. The first-order valence-corrected chi connectivity index (χ1v) is 6.99. The molecule has 0 unspecified atom stereocenters. The Hall–Kier alpha value is -2.80. The molecule has 2 heterocycles. The van der Waals surface area contributed by atoms with Crippen molar-refractivity contribution < 1.29 is 13.9 Å². The Morgan fingerprint density at radius 1 is 1.39 bits per heavy atom. The second-order valence-corrected chi connectivity index (χ2v) is 5.09. The second kappa shape index (κ2) is 6.13. The predicted octanol–water partition coefficient (Wildman–Crippen LogP) is 3.12. The summed E-state index contributed by atoms with van der Waals surface area (Å²) in [5.41, 5.74) is 6.32. The normalized spacial score (nSPS) is 10.6. The molecule has 1 amide bonds. The van der Waals surface area contributed by atoms with E-state index in [1.807, 2.05) is 6.07 Å². The highest BCUT2D eigenvalue weighted by molar-refractivity contribution is 6.35. The summed E-state index contributed by atoms with van der Waals surface area (Å²) < 4.78 is 18.2. The van der Waals surface area contributed by atoms with Crippen LogP contribution in [-0.4, -0.2) is 23.0 Å². The maximum atomic E-state index is 13.5. The Balaban J connectivity index is 1.73. The van der Waals surface area contributed by atoms with Crippen LogP contribution in [0.4, 0.5) is 10.1 Å². The molecule has 1 aromatic carbocycles. The van der Waals surface area contributed by atoms with E-state index in [4.69, 9.17) is 16.3 Å². The molecule has 8 heteroatoms. The third kappa shape index (κ3) is 3.04. The number of ether oxygens (including phenoxy) is 1. The Morgan fingerprint density at radius 3 is 2.91 bits per heavy atom. The SMILES string of the molecule is COc1ncc(NNC(=O)c2cc3cccc(Cl)c3[nH]2)cc1F. The lowest BCUT2D eigenvalue weighted by Gasteiger charge is -2.08. The summed E-state index contributed by atoms with van der Waals surface area (Å²) >= 11 is 6.05. The summed E-state index contributed by atoms with van der Waals surface area (Å²) in [4.78, 5) is 18.8. The number of fused-ring (bicyclic) bond motifs is 1. The smallest absolute Gasteiger partial charge is 0.286 e. The van der Waals surface area contributed by atoms with Gasteiger partial charge in [0.2, 0.25) is 5.88 Å². The molecule has 0 aliphatic carbocycles. The number of nitrogens with one attached hydrogen (secondary N) is 3. The van der Waals surface area contributed by atoms with E-state index in [1.165, 1.54) is 13.3 Å². The maximum Gasteiger partial charge on any atom is 0.286 e. The van der Waals surface area contributed by atoms with Gasteiger partial charge in [-0.3, -0.25) is 15.6 Å². The molecule has 6 nitrogen and oxygen atoms in total. The minimum absolute atomic E-state index is 0.118. The first-order chi connectivity index (χ1) is 11.1. The van der Waals surface area contributed by atoms with Crippen molar-refractivity contribution in [3.8, 4) is 5.88 Å². The van der Waals surface area contributed by atoms with E-state index in [0.29, 0.717) is 16.2 Å². The molecule has 23 heavy (non-hydrogen) atoms. The summed E-state index contributed by atoms with van der Waals surface area (Å²) in [6, 6.07) is 8.19. The van der Waals surface area contributed by atoms with Gasteiger partial charge in [-0.2, -0.15) is 0 Å². The number of amides is 1. The molecule has 3 aromatic rings. The van der Waals surface area contributed by atoms with Crippen molar-refractivity contribution >= 4 is 34.1 Å². The van der Waals surface area contributed by atoms with E-state index in [1.54, 1.807) is 18.2 Å². The topological polar surface area (TPSA) is 79.0 Å². The van der Waals surface area contributed by atoms with E-state index < -0.39 is 11.7 Å². The lowest BCUT2D eigenvalue weighted by molar-refractivity contribution is 0.0958. The largest absolute Gasteiger partial charge is 0.479 e. The minimum Gasteiger partial charge on any atom is -0.479 e. The van der Waals surface area contributed by atoms with Crippen LogP contribution < -0.4 is 15.6 Å². The van der Waals surface area contributed by atoms with E-state index >= 15 is 0 Å². The number of benzene rings is 1. The van der Waals surface area contributed by atoms with Crippen LogP contribution in [0.2, 0.25) is 5.02 Å². The summed E-state index contributed by atoms with van der Waals surface area (Å²) in [7, 11) is 1.32. The zero-order valence-electron chi connectivity index (χ0n) is 12.0. The summed E-state index contributed by atoms with van der Waals surface area (Å²) in [6.45, 7) is 0. The number of H-pyrrole nitrogens is 1. The van der Waals surface area contributed by atoms with Crippen molar-refractivity contribution in [2.75, 3.05) is 12.5 Å². The monoisotopic (exact) mass is 334 g/mol. The van der Waals surface area contributed by atoms with Crippen molar-refractivity contribution in [1.82, 2.24) is 15.4 Å². The van der Waals surface area contributed by atoms with Crippen LogP contribution in [0.25, 0.3) is 10.9 Å². The number of pyridine rings is 1.